The molecule has 1 aliphatic heterocycles. The van der Waals surface area contributed by atoms with E-state index >= 15 is 0 Å². The van der Waals surface area contributed by atoms with Crippen LogP contribution < -0.4 is 16.0 Å². The monoisotopic (exact) mass is 291 g/mol. The first-order valence-corrected chi connectivity index (χ1v) is 7.44. The molecule has 106 valence electrons. The number of para-hydroxylation sites is 1. The summed E-state index contributed by atoms with van der Waals surface area (Å²) in [5, 5.41) is 8.03. The molecule has 0 radical (unpaired) electrons. The molecule has 0 aliphatic carbocycles. The fourth-order valence-corrected chi connectivity index (χ4v) is 3.32. The Kier molecular flexibility index (Phi) is 3.90. The number of hydrogen-bond donors (Lipinski definition) is 2. The number of nitrogens with two attached hydrogens (primary N) is 1. The molecule has 1 aliphatic rings. The van der Waals surface area contributed by atoms with Crippen molar-refractivity contribution in [3.63, 3.8) is 0 Å². The lowest BCUT2D eigenvalue weighted by Gasteiger charge is -2.31. The third-order valence-corrected chi connectivity index (χ3v) is 4.42. The fraction of sp³-hybridized carbons (Fsp3) is 0.385. The Balaban J connectivity index is 1.71. The molecule has 20 heavy (non-hydrogen) atoms. The van der Waals surface area contributed by atoms with Gasteiger partial charge in [0.15, 0.2) is 0 Å². The molecule has 3 rings (SSSR count). The number of hydrogen-bond acceptors (Lipinski definition) is 6. The van der Waals surface area contributed by atoms with Crippen LogP contribution in [0.1, 0.15) is 5.69 Å². The first kappa shape index (κ1) is 13.4. The molecule has 2 heterocycles. The molecule has 2 aromatic rings. The Morgan fingerprint density at radius 2 is 2.40 bits per heavy atom. The van der Waals surface area contributed by atoms with Gasteiger partial charge >= 0.3 is 0 Å². The van der Waals surface area contributed by atoms with Crippen LogP contribution in [-0.4, -0.2) is 32.9 Å². The smallest absolute Gasteiger partial charge is 0.133 e. The predicted octanol–water partition coefficient (Wildman–Crippen LogP) is 0.743. The van der Waals surface area contributed by atoms with Crippen molar-refractivity contribution in [1.82, 2.24) is 20.4 Å². The molecule has 0 saturated heterocycles. The van der Waals surface area contributed by atoms with E-state index in [0.717, 1.165) is 17.2 Å². The van der Waals surface area contributed by atoms with E-state index in [0.29, 0.717) is 6.42 Å². The molecule has 1 aromatic heterocycles. The van der Waals surface area contributed by atoms with Crippen molar-refractivity contribution in [1.29, 1.82) is 0 Å². The van der Waals surface area contributed by atoms with Crippen LogP contribution in [0.15, 0.2) is 35.4 Å². The van der Waals surface area contributed by atoms with Crippen LogP contribution in [0.5, 0.6) is 5.75 Å². The number of nitrogens with one attached hydrogen (secondary N) is 1. The van der Waals surface area contributed by atoms with Gasteiger partial charge in [0.1, 0.15) is 11.9 Å². The SMILES string of the molecule is Cn1cc(CC(NN)C2CSc3ccccc3O2)nn1. The first-order chi connectivity index (χ1) is 9.76. The van der Waals surface area contributed by atoms with Crippen LogP contribution in [0.25, 0.3) is 0 Å². The predicted molar refractivity (Wildman–Crippen MR) is 77.4 cm³/mol. The van der Waals surface area contributed by atoms with Gasteiger partial charge in [-0.05, 0) is 12.1 Å². The highest BCUT2D eigenvalue weighted by atomic mass is 32.2. The molecule has 7 heteroatoms. The summed E-state index contributed by atoms with van der Waals surface area (Å²) in [5.41, 5.74) is 3.75. The van der Waals surface area contributed by atoms with Gasteiger partial charge in [0.25, 0.3) is 0 Å². The van der Waals surface area contributed by atoms with Crippen molar-refractivity contribution in [2.45, 2.75) is 23.5 Å². The highest BCUT2D eigenvalue weighted by Gasteiger charge is 2.28. The van der Waals surface area contributed by atoms with E-state index in [2.05, 4.69) is 21.8 Å². The van der Waals surface area contributed by atoms with E-state index in [1.54, 1.807) is 16.4 Å². The normalized spacial score (nSPS) is 19.2. The quantitative estimate of drug-likeness (QED) is 0.639. The maximum Gasteiger partial charge on any atom is 0.133 e. The number of nitrogens with zero attached hydrogens (tertiary/aromatic N) is 3. The lowest BCUT2D eigenvalue weighted by Crippen LogP contribution is -2.50. The standard InChI is InChI=1S/C13H17N5OS/c1-18-7-9(16-17-18)6-10(15-14)12-8-20-13-5-3-2-4-11(13)19-12/h2-5,7,10,12,15H,6,8,14H2,1H3. The summed E-state index contributed by atoms with van der Waals surface area (Å²) in [6.07, 6.45) is 2.60. The number of hydrazine groups is 1. The van der Waals surface area contributed by atoms with Crippen LogP contribution in [0.3, 0.4) is 0 Å². The molecule has 0 spiro atoms. The van der Waals surface area contributed by atoms with Crippen molar-refractivity contribution < 1.29 is 4.74 Å². The summed E-state index contributed by atoms with van der Waals surface area (Å²) in [6.45, 7) is 0. The third kappa shape index (κ3) is 2.79. The second-order valence-corrected chi connectivity index (χ2v) is 5.84. The molecule has 6 nitrogen and oxygen atoms in total. The zero-order valence-electron chi connectivity index (χ0n) is 11.2. The Morgan fingerprint density at radius 1 is 1.55 bits per heavy atom. The third-order valence-electron chi connectivity index (χ3n) is 3.27. The Labute approximate surface area is 121 Å². The molecule has 1 aromatic carbocycles. The van der Waals surface area contributed by atoms with E-state index in [1.165, 1.54) is 4.90 Å². The molecule has 0 saturated carbocycles. The van der Waals surface area contributed by atoms with Crippen molar-refractivity contribution in [3.8, 4) is 5.75 Å². The van der Waals surface area contributed by atoms with Gasteiger partial charge in [-0.1, -0.05) is 17.3 Å². The number of ether oxygens (including phenoxy) is 1. The topological polar surface area (TPSA) is 78.0 Å². The minimum absolute atomic E-state index is 0.00700. The number of rotatable bonds is 4. The summed E-state index contributed by atoms with van der Waals surface area (Å²) < 4.78 is 7.73. The van der Waals surface area contributed by atoms with Crippen LogP contribution in [0.2, 0.25) is 0 Å². The molecule has 0 amide bonds. The summed E-state index contributed by atoms with van der Waals surface area (Å²) in [6, 6.07) is 8.07. The molecule has 3 N–H and O–H groups in total. The average molecular weight is 291 g/mol. The summed E-state index contributed by atoms with van der Waals surface area (Å²) in [5.74, 6) is 7.48. The van der Waals surface area contributed by atoms with Gasteiger partial charge in [0.05, 0.1) is 11.7 Å². The Bertz CT molecular complexity index is 588. The lowest BCUT2D eigenvalue weighted by atomic mass is 10.1. The molecular weight excluding hydrogens is 274 g/mol. The minimum Gasteiger partial charge on any atom is -0.487 e. The van der Waals surface area contributed by atoms with Crippen molar-refractivity contribution in [2.75, 3.05) is 5.75 Å². The van der Waals surface area contributed by atoms with Gasteiger partial charge in [0.2, 0.25) is 0 Å². The second-order valence-electron chi connectivity index (χ2n) is 4.77. The van der Waals surface area contributed by atoms with E-state index < -0.39 is 0 Å². The molecular formula is C13H17N5OS. The largest absolute Gasteiger partial charge is 0.487 e. The Hall–Kier alpha value is -1.57. The number of aryl methyl sites for hydroxylation is 1. The van der Waals surface area contributed by atoms with Crippen molar-refractivity contribution in [3.05, 3.63) is 36.2 Å². The summed E-state index contributed by atoms with van der Waals surface area (Å²) in [7, 11) is 1.85. The van der Waals surface area contributed by atoms with Gasteiger partial charge < -0.3 is 4.74 Å². The van der Waals surface area contributed by atoms with Gasteiger partial charge in [-0.3, -0.25) is 16.0 Å². The number of thioether (sulfide) groups is 1. The minimum atomic E-state index is 0.00700. The number of fused-ring (bicyclic) bond motifs is 1. The Morgan fingerprint density at radius 3 is 3.15 bits per heavy atom. The lowest BCUT2D eigenvalue weighted by molar-refractivity contribution is 0.165. The summed E-state index contributed by atoms with van der Waals surface area (Å²) >= 11 is 1.79. The average Bonchev–Trinajstić information content (AvgIpc) is 2.89. The van der Waals surface area contributed by atoms with Crippen molar-refractivity contribution >= 4 is 11.8 Å². The van der Waals surface area contributed by atoms with Crippen LogP contribution in [0, 0.1) is 0 Å². The molecule has 2 atom stereocenters. The maximum absolute atomic E-state index is 6.05. The van der Waals surface area contributed by atoms with E-state index in [4.69, 9.17) is 10.6 Å². The highest BCUT2D eigenvalue weighted by Crippen LogP contribution is 2.35. The van der Waals surface area contributed by atoms with Crippen LogP contribution in [-0.2, 0) is 13.5 Å². The van der Waals surface area contributed by atoms with E-state index in [-0.39, 0.29) is 12.1 Å². The van der Waals surface area contributed by atoms with E-state index in [9.17, 15) is 0 Å². The number of aromatic nitrogens is 3. The van der Waals surface area contributed by atoms with E-state index in [1.807, 2.05) is 31.4 Å². The molecule has 0 bridgehead atoms. The molecule has 2 unspecified atom stereocenters. The molecule has 0 fully saturated rings. The van der Waals surface area contributed by atoms with Gasteiger partial charge in [-0.2, -0.15) is 0 Å². The number of benzene rings is 1. The van der Waals surface area contributed by atoms with Crippen LogP contribution in [0.4, 0.5) is 0 Å². The highest BCUT2D eigenvalue weighted by molar-refractivity contribution is 7.99. The van der Waals surface area contributed by atoms with Crippen LogP contribution >= 0.6 is 11.8 Å². The fourth-order valence-electron chi connectivity index (χ4n) is 2.25. The van der Waals surface area contributed by atoms with Gasteiger partial charge in [-0.15, -0.1) is 16.9 Å². The van der Waals surface area contributed by atoms with Crippen molar-refractivity contribution in [2.24, 2.45) is 12.9 Å². The van der Waals surface area contributed by atoms with Gasteiger partial charge in [-0.25, -0.2) is 0 Å². The summed E-state index contributed by atoms with van der Waals surface area (Å²) in [4.78, 5) is 1.18. The maximum atomic E-state index is 6.05. The zero-order valence-corrected chi connectivity index (χ0v) is 12.0. The van der Waals surface area contributed by atoms with Gasteiger partial charge in [0, 0.05) is 30.3 Å². The zero-order chi connectivity index (χ0) is 13.9. The first-order valence-electron chi connectivity index (χ1n) is 6.46. The second kappa shape index (κ2) is 5.82.